The number of nitrogens with one attached hydrogen (secondary N) is 1. The number of benzene rings is 1. The molecule has 2 aliphatic heterocycles. The van der Waals surface area contributed by atoms with E-state index in [1.54, 1.807) is 30.9 Å². The van der Waals surface area contributed by atoms with E-state index in [1.807, 2.05) is 30.0 Å². The normalized spacial score (nSPS) is 24.6. The molecule has 0 aromatic heterocycles. The van der Waals surface area contributed by atoms with Crippen LogP contribution in [0.25, 0.3) is 0 Å². The van der Waals surface area contributed by atoms with E-state index in [4.69, 9.17) is 9.47 Å². The molecule has 2 fully saturated rings. The minimum atomic E-state index is 0.0108. The van der Waals surface area contributed by atoms with Crippen LogP contribution in [-0.4, -0.2) is 56.5 Å². The van der Waals surface area contributed by atoms with Crippen LogP contribution in [0.15, 0.2) is 18.2 Å². The molecule has 0 unspecified atom stereocenters. The Labute approximate surface area is 148 Å². The minimum Gasteiger partial charge on any atom is -0.493 e. The van der Waals surface area contributed by atoms with Gasteiger partial charge in [-0.2, -0.15) is 0 Å². The quantitative estimate of drug-likeness (QED) is 0.840. The number of thioether (sulfide) groups is 1. The Balaban J connectivity index is 1.77. The van der Waals surface area contributed by atoms with E-state index >= 15 is 0 Å². The first-order valence-electron chi connectivity index (χ1n) is 8.65. The third-order valence-electron chi connectivity index (χ3n) is 4.96. The third-order valence-corrected chi connectivity index (χ3v) is 6.35. The van der Waals surface area contributed by atoms with Gasteiger partial charge in [-0.25, -0.2) is 0 Å². The van der Waals surface area contributed by atoms with E-state index in [1.165, 1.54) is 25.9 Å². The molecule has 1 aromatic carbocycles. The molecule has 0 saturated carbocycles. The minimum absolute atomic E-state index is 0.0108. The van der Waals surface area contributed by atoms with Crippen molar-refractivity contribution in [3.63, 3.8) is 0 Å². The molecule has 24 heavy (non-hydrogen) atoms. The Morgan fingerprint density at radius 2 is 1.92 bits per heavy atom. The highest BCUT2D eigenvalue weighted by Gasteiger charge is 2.39. The second kappa shape index (κ2) is 7.66. The fourth-order valence-electron chi connectivity index (χ4n) is 3.57. The number of rotatable bonds is 6. The maximum Gasteiger partial charge on any atom is 0.236 e. The lowest BCUT2D eigenvalue weighted by Gasteiger charge is -2.25. The van der Waals surface area contributed by atoms with E-state index in [9.17, 15) is 4.79 Å². The van der Waals surface area contributed by atoms with Gasteiger partial charge in [0, 0.05) is 12.8 Å². The number of likely N-dealkylation sites (tertiary alicyclic amines) is 1. The number of nitrogens with zero attached hydrogens (tertiary/aromatic N) is 1. The lowest BCUT2D eigenvalue weighted by molar-refractivity contribution is -0.886. The monoisotopic (exact) mass is 351 g/mol. The van der Waals surface area contributed by atoms with Gasteiger partial charge in [0.05, 0.1) is 45.6 Å². The molecule has 1 aromatic rings. The lowest BCUT2D eigenvalue weighted by Crippen LogP contribution is -3.10. The van der Waals surface area contributed by atoms with Crippen LogP contribution in [0, 0.1) is 0 Å². The molecule has 2 saturated heterocycles. The molecule has 0 aliphatic carbocycles. The molecule has 0 spiro atoms. The first-order valence-corrected chi connectivity index (χ1v) is 9.59. The molecule has 132 valence electrons. The molecule has 5 nitrogen and oxygen atoms in total. The van der Waals surface area contributed by atoms with Gasteiger partial charge >= 0.3 is 0 Å². The Morgan fingerprint density at radius 3 is 2.58 bits per heavy atom. The Hall–Kier alpha value is -1.40. The van der Waals surface area contributed by atoms with Crippen LogP contribution in [0.1, 0.15) is 30.7 Å². The largest absolute Gasteiger partial charge is 0.493 e. The summed E-state index contributed by atoms with van der Waals surface area (Å²) in [5.41, 5.74) is 1.10. The van der Waals surface area contributed by atoms with E-state index in [0.29, 0.717) is 5.75 Å². The van der Waals surface area contributed by atoms with Crippen molar-refractivity contribution >= 4 is 17.7 Å². The zero-order valence-corrected chi connectivity index (χ0v) is 15.5. The average Bonchev–Trinajstić information content (AvgIpc) is 3.21. The highest BCUT2D eigenvalue weighted by molar-refractivity contribution is 8.01. The second-order valence-electron chi connectivity index (χ2n) is 6.48. The number of hydrogen-bond acceptors (Lipinski definition) is 4. The highest BCUT2D eigenvalue weighted by atomic mass is 32.2. The Morgan fingerprint density at radius 1 is 1.21 bits per heavy atom. The number of methoxy groups -OCH3 is 2. The molecule has 2 heterocycles. The van der Waals surface area contributed by atoms with Crippen molar-refractivity contribution < 1.29 is 19.2 Å². The van der Waals surface area contributed by atoms with E-state index in [-0.39, 0.29) is 16.5 Å². The van der Waals surface area contributed by atoms with Gasteiger partial charge in [-0.05, 0) is 24.6 Å². The van der Waals surface area contributed by atoms with Gasteiger partial charge in [0.2, 0.25) is 5.91 Å². The zero-order valence-electron chi connectivity index (χ0n) is 14.7. The van der Waals surface area contributed by atoms with Crippen LogP contribution in [0.4, 0.5) is 0 Å². The van der Waals surface area contributed by atoms with Crippen molar-refractivity contribution in [3.8, 4) is 11.5 Å². The maximum atomic E-state index is 12.6. The first-order chi connectivity index (χ1) is 11.6. The smallest absolute Gasteiger partial charge is 0.236 e. The summed E-state index contributed by atoms with van der Waals surface area (Å²) in [7, 11) is 3.28. The molecule has 0 radical (unpaired) electrons. The third kappa shape index (κ3) is 3.49. The van der Waals surface area contributed by atoms with Crippen LogP contribution in [0.5, 0.6) is 11.5 Å². The van der Waals surface area contributed by atoms with Crippen molar-refractivity contribution in [2.75, 3.05) is 40.4 Å². The fraction of sp³-hybridized carbons (Fsp3) is 0.611. The Kier molecular flexibility index (Phi) is 5.56. The second-order valence-corrected chi connectivity index (χ2v) is 7.91. The topological polar surface area (TPSA) is 43.2 Å². The fourth-order valence-corrected chi connectivity index (χ4v) is 4.87. The van der Waals surface area contributed by atoms with Gasteiger partial charge in [-0.15, -0.1) is 11.8 Å². The standard InChI is InChI=1S/C18H26N2O3S/c1-13-17(21)20(11-10-19-8-4-5-9-19)18(24-13)14-6-7-15(22-2)16(12-14)23-3/h6-7,12-13,18H,4-5,8-11H2,1-3H3/p+1/t13-,18-/m0/s1. The van der Waals surface area contributed by atoms with E-state index < -0.39 is 0 Å². The average molecular weight is 351 g/mol. The van der Waals surface area contributed by atoms with Crippen LogP contribution >= 0.6 is 11.8 Å². The number of hydrogen-bond donors (Lipinski definition) is 1. The predicted molar refractivity (Wildman–Crippen MR) is 95.9 cm³/mol. The number of amides is 1. The molecule has 0 bridgehead atoms. The molecule has 1 amide bonds. The van der Waals surface area contributed by atoms with E-state index in [2.05, 4.69) is 0 Å². The molecule has 1 N–H and O–H groups in total. The van der Waals surface area contributed by atoms with Crippen LogP contribution in [-0.2, 0) is 4.79 Å². The summed E-state index contributed by atoms with van der Waals surface area (Å²) in [6.07, 6.45) is 2.63. The van der Waals surface area contributed by atoms with Crippen molar-refractivity contribution in [1.29, 1.82) is 0 Å². The van der Waals surface area contributed by atoms with Gasteiger partial charge in [-0.1, -0.05) is 6.07 Å². The SMILES string of the molecule is COc1ccc([C@@H]2S[C@@H](C)C(=O)N2CC[NH+]2CCCC2)cc1OC. The number of carbonyl (C=O) groups is 1. The predicted octanol–water partition coefficient (Wildman–Crippen LogP) is 1.35. The van der Waals surface area contributed by atoms with Gasteiger partial charge in [0.1, 0.15) is 5.37 Å². The lowest BCUT2D eigenvalue weighted by atomic mass is 10.1. The highest BCUT2D eigenvalue weighted by Crippen LogP contribution is 2.44. The van der Waals surface area contributed by atoms with Crippen LogP contribution < -0.4 is 14.4 Å². The summed E-state index contributed by atoms with van der Waals surface area (Å²) in [5, 5.41) is 0.0750. The summed E-state index contributed by atoms with van der Waals surface area (Å²) in [5.74, 6) is 1.68. The van der Waals surface area contributed by atoms with Crippen molar-refractivity contribution in [3.05, 3.63) is 23.8 Å². The van der Waals surface area contributed by atoms with Gasteiger partial charge in [0.15, 0.2) is 11.5 Å². The first kappa shape index (κ1) is 17.4. The molecular weight excluding hydrogens is 324 g/mol. The summed E-state index contributed by atoms with van der Waals surface area (Å²) in [6.45, 7) is 6.36. The molecular formula is C18H27N2O3S+. The number of carbonyl (C=O) groups excluding carboxylic acids is 1. The van der Waals surface area contributed by atoms with Gasteiger partial charge < -0.3 is 19.3 Å². The zero-order chi connectivity index (χ0) is 17.1. The van der Waals surface area contributed by atoms with Crippen LogP contribution in [0.2, 0.25) is 0 Å². The summed E-state index contributed by atoms with van der Waals surface area (Å²) < 4.78 is 10.7. The molecule has 6 heteroatoms. The van der Waals surface area contributed by atoms with E-state index in [0.717, 1.165) is 24.4 Å². The molecule has 2 atom stereocenters. The van der Waals surface area contributed by atoms with Crippen molar-refractivity contribution in [2.24, 2.45) is 0 Å². The Bertz CT molecular complexity index is 590. The maximum absolute atomic E-state index is 12.6. The van der Waals surface area contributed by atoms with Gasteiger partial charge in [0.25, 0.3) is 0 Å². The van der Waals surface area contributed by atoms with Crippen LogP contribution in [0.3, 0.4) is 0 Å². The number of quaternary nitrogens is 1. The number of ether oxygens (including phenoxy) is 2. The summed E-state index contributed by atoms with van der Waals surface area (Å²) in [6, 6.07) is 5.96. The summed E-state index contributed by atoms with van der Waals surface area (Å²) in [4.78, 5) is 16.3. The van der Waals surface area contributed by atoms with Crippen molar-refractivity contribution in [1.82, 2.24) is 4.90 Å². The summed E-state index contributed by atoms with van der Waals surface area (Å²) >= 11 is 1.72. The molecule has 2 aliphatic rings. The van der Waals surface area contributed by atoms with Gasteiger partial charge in [-0.3, -0.25) is 4.79 Å². The molecule has 3 rings (SSSR count). The van der Waals surface area contributed by atoms with Crippen molar-refractivity contribution in [2.45, 2.75) is 30.4 Å².